The number of hydrogen-bond acceptors (Lipinski definition) is 2. The molecule has 0 unspecified atom stereocenters. The Balaban J connectivity index is 2.21. The van der Waals surface area contributed by atoms with Crippen molar-refractivity contribution in [3.05, 3.63) is 22.6 Å². The van der Waals surface area contributed by atoms with Gasteiger partial charge in [0.1, 0.15) is 11.5 Å². The van der Waals surface area contributed by atoms with Crippen LogP contribution in [0.3, 0.4) is 0 Å². The van der Waals surface area contributed by atoms with E-state index in [1.807, 2.05) is 20.8 Å². The second kappa shape index (κ2) is 4.96. The molecular formula is C14H20ClNO2. The molecule has 4 heteroatoms. The van der Waals surface area contributed by atoms with Gasteiger partial charge in [-0.3, -0.25) is 4.79 Å². The Morgan fingerprint density at radius 3 is 2.33 bits per heavy atom. The third kappa shape index (κ3) is 2.28. The van der Waals surface area contributed by atoms with Crippen LogP contribution in [0, 0.1) is 20.8 Å². The van der Waals surface area contributed by atoms with E-state index in [9.17, 15) is 4.79 Å². The molecule has 100 valence electrons. The second-order valence-corrected chi connectivity index (χ2v) is 5.56. The molecule has 1 saturated carbocycles. The minimum absolute atomic E-state index is 0.0515. The number of furan rings is 1. The zero-order chi connectivity index (χ0) is 13.3. The predicted molar refractivity (Wildman–Crippen MR) is 72.3 cm³/mol. The van der Waals surface area contributed by atoms with Crippen molar-refractivity contribution >= 4 is 17.5 Å². The van der Waals surface area contributed by atoms with E-state index in [4.69, 9.17) is 16.0 Å². The Morgan fingerprint density at radius 2 is 1.89 bits per heavy atom. The topological polar surface area (TPSA) is 42.2 Å². The molecule has 1 aliphatic carbocycles. The number of amides is 1. The smallest absolute Gasteiger partial charge is 0.255 e. The van der Waals surface area contributed by atoms with Crippen molar-refractivity contribution in [2.75, 3.05) is 5.88 Å². The highest BCUT2D eigenvalue weighted by atomic mass is 35.5. The molecule has 0 spiro atoms. The first-order valence-corrected chi connectivity index (χ1v) is 6.97. The van der Waals surface area contributed by atoms with Gasteiger partial charge in [-0.15, -0.1) is 11.6 Å². The molecule has 0 radical (unpaired) electrons. The Hall–Kier alpha value is -0.960. The summed E-state index contributed by atoms with van der Waals surface area (Å²) >= 11 is 6.04. The van der Waals surface area contributed by atoms with Crippen molar-refractivity contribution in [1.29, 1.82) is 0 Å². The highest BCUT2D eigenvalue weighted by Crippen LogP contribution is 2.31. The molecule has 0 aliphatic heterocycles. The van der Waals surface area contributed by atoms with Crippen molar-refractivity contribution in [1.82, 2.24) is 5.32 Å². The highest BCUT2D eigenvalue weighted by Gasteiger charge is 2.35. The second-order valence-electron chi connectivity index (χ2n) is 5.29. The van der Waals surface area contributed by atoms with Crippen LogP contribution in [0.1, 0.15) is 53.1 Å². The van der Waals surface area contributed by atoms with Gasteiger partial charge in [0.25, 0.3) is 5.91 Å². The van der Waals surface area contributed by atoms with Crippen LogP contribution in [0.5, 0.6) is 0 Å². The summed E-state index contributed by atoms with van der Waals surface area (Å²) in [4.78, 5) is 12.4. The average Bonchev–Trinajstić information content (AvgIpc) is 2.86. The summed E-state index contributed by atoms with van der Waals surface area (Å²) in [5, 5.41) is 3.12. The van der Waals surface area contributed by atoms with E-state index in [0.29, 0.717) is 17.2 Å². The van der Waals surface area contributed by atoms with Gasteiger partial charge in [-0.25, -0.2) is 0 Å². The third-order valence-electron chi connectivity index (χ3n) is 3.98. The third-order valence-corrected chi connectivity index (χ3v) is 4.50. The van der Waals surface area contributed by atoms with Crippen molar-refractivity contribution in [2.24, 2.45) is 0 Å². The summed E-state index contributed by atoms with van der Waals surface area (Å²) in [6.07, 6.45) is 4.21. The van der Waals surface area contributed by atoms with Gasteiger partial charge in [0, 0.05) is 11.4 Å². The number of halogens is 1. The van der Waals surface area contributed by atoms with E-state index in [2.05, 4.69) is 5.32 Å². The van der Waals surface area contributed by atoms with Crippen LogP contribution in [-0.4, -0.2) is 17.3 Å². The fourth-order valence-electron chi connectivity index (χ4n) is 2.77. The number of rotatable bonds is 3. The van der Waals surface area contributed by atoms with Crippen molar-refractivity contribution in [3.63, 3.8) is 0 Å². The first-order chi connectivity index (χ1) is 8.49. The quantitative estimate of drug-likeness (QED) is 0.854. The van der Waals surface area contributed by atoms with Gasteiger partial charge >= 0.3 is 0 Å². The van der Waals surface area contributed by atoms with Crippen LogP contribution >= 0.6 is 11.6 Å². The van der Waals surface area contributed by atoms with Gasteiger partial charge in [-0.05, 0) is 33.6 Å². The summed E-state index contributed by atoms with van der Waals surface area (Å²) < 4.78 is 5.50. The number of carbonyl (C=O) groups is 1. The van der Waals surface area contributed by atoms with E-state index in [1.165, 1.54) is 0 Å². The zero-order valence-corrected chi connectivity index (χ0v) is 12.0. The van der Waals surface area contributed by atoms with Crippen molar-refractivity contribution in [3.8, 4) is 0 Å². The van der Waals surface area contributed by atoms with Gasteiger partial charge in [-0.1, -0.05) is 12.8 Å². The molecule has 1 N–H and O–H groups in total. The predicted octanol–water partition coefficient (Wildman–Crippen LogP) is 3.49. The number of alkyl halides is 1. The van der Waals surface area contributed by atoms with Crippen molar-refractivity contribution < 1.29 is 9.21 Å². The zero-order valence-electron chi connectivity index (χ0n) is 11.2. The molecule has 1 aromatic heterocycles. The molecule has 0 bridgehead atoms. The fourth-order valence-corrected chi connectivity index (χ4v) is 3.11. The molecule has 1 aromatic rings. The van der Waals surface area contributed by atoms with Crippen LogP contribution < -0.4 is 5.32 Å². The summed E-state index contributed by atoms with van der Waals surface area (Å²) in [6, 6.07) is 0. The molecule has 1 aliphatic rings. The molecule has 1 heterocycles. The van der Waals surface area contributed by atoms with Gasteiger partial charge in [0.05, 0.1) is 11.1 Å². The van der Waals surface area contributed by atoms with Crippen LogP contribution in [0.4, 0.5) is 0 Å². The molecule has 0 aromatic carbocycles. The van der Waals surface area contributed by atoms with Gasteiger partial charge in [0.2, 0.25) is 0 Å². The van der Waals surface area contributed by atoms with Crippen LogP contribution in [-0.2, 0) is 0 Å². The van der Waals surface area contributed by atoms with E-state index in [1.54, 1.807) is 0 Å². The van der Waals surface area contributed by atoms with Gasteiger partial charge in [-0.2, -0.15) is 0 Å². The van der Waals surface area contributed by atoms with Crippen LogP contribution in [0.15, 0.2) is 4.42 Å². The maximum Gasteiger partial charge on any atom is 0.255 e. The summed E-state index contributed by atoms with van der Waals surface area (Å²) in [5.41, 5.74) is 1.37. The standard InChI is InChI=1S/C14H20ClNO2/c1-9-10(2)18-11(3)12(9)13(17)16-14(8-15)6-4-5-7-14/h4-8H2,1-3H3,(H,16,17). The number of nitrogens with one attached hydrogen (secondary N) is 1. The average molecular weight is 270 g/mol. The van der Waals surface area contributed by atoms with E-state index < -0.39 is 0 Å². The summed E-state index contributed by atoms with van der Waals surface area (Å²) in [5.74, 6) is 1.92. The lowest BCUT2D eigenvalue weighted by atomic mass is 9.99. The largest absolute Gasteiger partial charge is 0.466 e. The normalized spacial score (nSPS) is 18.0. The lowest BCUT2D eigenvalue weighted by molar-refractivity contribution is 0.0907. The fraction of sp³-hybridized carbons (Fsp3) is 0.643. The van der Waals surface area contributed by atoms with E-state index in [0.717, 1.165) is 37.0 Å². The molecular weight excluding hydrogens is 250 g/mol. The molecule has 3 nitrogen and oxygen atoms in total. The monoisotopic (exact) mass is 269 g/mol. The Kier molecular flexibility index (Phi) is 3.71. The first-order valence-electron chi connectivity index (χ1n) is 6.44. The molecule has 2 rings (SSSR count). The van der Waals surface area contributed by atoms with E-state index in [-0.39, 0.29) is 11.4 Å². The molecule has 1 fully saturated rings. The van der Waals surface area contributed by atoms with Gasteiger partial charge < -0.3 is 9.73 Å². The minimum atomic E-state index is -0.220. The molecule has 0 saturated heterocycles. The Bertz CT molecular complexity index is 459. The lowest BCUT2D eigenvalue weighted by Crippen LogP contribution is -2.48. The summed E-state index contributed by atoms with van der Waals surface area (Å²) in [7, 11) is 0. The van der Waals surface area contributed by atoms with Crippen LogP contribution in [0.25, 0.3) is 0 Å². The van der Waals surface area contributed by atoms with Crippen LogP contribution in [0.2, 0.25) is 0 Å². The molecule has 0 atom stereocenters. The first kappa shape index (κ1) is 13.5. The number of aryl methyl sites for hydroxylation is 2. The Labute approximate surface area is 113 Å². The van der Waals surface area contributed by atoms with E-state index >= 15 is 0 Å². The summed E-state index contributed by atoms with van der Waals surface area (Å²) in [6.45, 7) is 5.63. The van der Waals surface area contributed by atoms with Gasteiger partial charge in [0.15, 0.2) is 0 Å². The Morgan fingerprint density at radius 1 is 1.28 bits per heavy atom. The number of hydrogen-bond donors (Lipinski definition) is 1. The van der Waals surface area contributed by atoms with Crippen molar-refractivity contribution in [2.45, 2.75) is 52.0 Å². The molecule has 18 heavy (non-hydrogen) atoms. The minimum Gasteiger partial charge on any atom is -0.466 e. The number of carbonyl (C=O) groups excluding carboxylic acids is 1. The molecule has 1 amide bonds. The maximum absolute atomic E-state index is 12.4. The lowest BCUT2D eigenvalue weighted by Gasteiger charge is -2.27. The highest BCUT2D eigenvalue weighted by molar-refractivity contribution is 6.19. The maximum atomic E-state index is 12.4. The SMILES string of the molecule is Cc1oc(C)c(C(=O)NC2(CCl)CCCC2)c1C.